The Bertz CT molecular complexity index is 720. The van der Waals surface area contributed by atoms with E-state index < -0.39 is 0 Å². The van der Waals surface area contributed by atoms with E-state index >= 15 is 0 Å². The van der Waals surface area contributed by atoms with Gasteiger partial charge < -0.3 is 10.6 Å². The van der Waals surface area contributed by atoms with Gasteiger partial charge in [-0.25, -0.2) is 9.37 Å². The molecule has 0 aliphatic rings. The molecular weight excluding hydrogens is 267 g/mol. The number of hydrogen-bond acceptors (Lipinski definition) is 3. The smallest absolute Gasteiger partial charge is 0.138 e. The molecule has 0 saturated carbocycles. The highest BCUT2D eigenvalue weighted by Gasteiger charge is 2.12. The van der Waals surface area contributed by atoms with Crippen LogP contribution in [0.4, 0.5) is 15.9 Å². The number of fused-ring (bicyclic) bond motifs is 1. The zero-order valence-corrected chi connectivity index (χ0v) is 11.6. The van der Waals surface area contributed by atoms with Crippen LogP contribution in [0.5, 0.6) is 0 Å². The summed E-state index contributed by atoms with van der Waals surface area (Å²) in [6, 6.07) is 12.4. The molecule has 0 fully saturated rings. The standard InChI is InChI=1S/C16H17FN4/c17-13-5-7-14(8-6-13)20(11-2-9-18)16-4-1-3-15-19-10-12-21(15)16/h1,3-8,10,12H,2,9,11,18H2. The molecule has 5 heteroatoms. The summed E-state index contributed by atoms with van der Waals surface area (Å²) in [5.74, 6) is 0.753. The van der Waals surface area contributed by atoms with Crippen LogP contribution in [0.2, 0.25) is 0 Å². The Hall–Kier alpha value is -2.40. The molecule has 0 amide bonds. The van der Waals surface area contributed by atoms with Crippen molar-refractivity contribution in [3.63, 3.8) is 0 Å². The van der Waals surface area contributed by atoms with Gasteiger partial charge in [0.2, 0.25) is 0 Å². The fourth-order valence-corrected chi connectivity index (χ4v) is 2.40. The largest absolute Gasteiger partial charge is 0.330 e. The molecule has 0 bridgehead atoms. The van der Waals surface area contributed by atoms with Crippen LogP contribution in [0.15, 0.2) is 54.9 Å². The molecule has 3 rings (SSSR count). The summed E-state index contributed by atoms with van der Waals surface area (Å²) < 4.78 is 15.2. The Morgan fingerprint density at radius 3 is 2.71 bits per heavy atom. The van der Waals surface area contributed by atoms with Crippen molar-refractivity contribution < 1.29 is 4.39 Å². The highest BCUT2D eigenvalue weighted by atomic mass is 19.1. The number of imidazole rings is 1. The molecule has 2 heterocycles. The first-order valence-electron chi connectivity index (χ1n) is 6.95. The first kappa shape index (κ1) is 13.6. The van der Waals surface area contributed by atoms with Gasteiger partial charge >= 0.3 is 0 Å². The van der Waals surface area contributed by atoms with Crippen LogP contribution < -0.4 is 10.6 Å². The quantitative estimate of drug-likeness (QED) is 0.783. The number of halogens is 1. The molecule has 2 N–H and O–H groups in total. The summed E-state index contributed by atoms with van der Waals surface area (Å²) in [4.78, 5) is 6.43. The zero-order chi connectivity index (χ0) is 14.7. The van der Waals surface area contributed by atoms with Gasteiger partial charge in [-0.2, -0.15) is 0 Å². The predicted octanol–water partition coefficient (Wildman–Crippen LogP) is 2.96. The van der Waals surface area contributed by atoms with Gasteiger partial charge in [-0.15, -0.1) is 0 Å². The Balaban J connectivity index is 2.06. The van der Waals surface area contributed by atoms with Gasteiger partial charge in [0.25, 0.3) is 0 Å². The molecule has 21 heavy (non-hydrogen) atoms. The summed E-state index contributed by atoms with van der Waals surface area (Å²) in [5, 5.41) is 0. The topological polar surface area (TPSA) is 46.6 Å². The third-order valence-corrected chi connectivity index (χ3v) is 3.41. The van der Waals surface area contributed by atoms with Crippen LogP contribution >= 0.6 is 0 Å². The molecule has 0 atom stereocenters. The number of nitrogens with zero attached hydrogens (tertiary/aromatic N) is 3. The van der Waals surface area contributed by atoms with Crippen molar-refractivity contribution in [3.8, 4) is 0 Å². The fourth-order valence-electron chi connectivity index (χ4n) is 2.40. The molecule has 2 aromatic heterocycles. The van der Waals surface area contributed by atoms with Gasteiger partial charge in [-0.05, 0) is 49.4 Å². The van der Waals surface area contributed by atoms with Gasteiger partial charge in [0.15, 0.2) is 0 Å². The van der Waals surface area contributed by atoms with Crippen LogP contribution in [-0.2, 0) is 0 Å². The molecule has 0 aliphatic heterocycles. The molecule has 3 aromatic rings. The lowest BCUT2D eigenvalue weighted by Crippen LogP contribution is -2.22. The van der Waals surface area contributed by atoms with Gasteiger partial charge in [0, 0.05) is 24.6 Å². The summed E-state index contributed by atoms with van der Waals surface area (Å²) >= 11 is 0. The minimum Gasteiger partial charge on any atom is -0.330 e. The van der Waals surface area contributed by atoms with E-state index in [0.717, 1.165) is 30.1 Å². The lowest BCUT2D eigenvalue weighted by molar-refractivity contribution is 0.627. The van der Waals surface area contributed by atoms with E-state index in [1.54, 1.807) is 18.3 Å². The van der Waals surface area contributed by atoms with Gasteiger partial charge in [0.05, 0.1) is 0 Å². The highest BCUT2D eigenvalue weighted by molar-refractivity contribution is 5.63. The normalized spacial score (nSPS) is 11.0. The van der Waals surface area contributed by atoms with E-state index in [1.807, 2.05) is 28.8 Å². The number of aromatic nitrogens is 2. The summed E-state index contributed by atoms with van der Waals surface area (Å²) in [6.07, 6.45) is 4.54. The van der Waals surface area contributed by atoms with Crippen molar-refractivity contribution in [2.45, 2.75) is 6.42 Å². The van der Waals surface area contributed by atoms with Gasteiger partial charge in [-0.3, -0.25) is 4.40 Å². The van der Waals surface area contributed by atoms with Crippen LogP contribution in [0, 0.1) is 5.82 Å². The molecule has 108 valence electrons. The summed E-state index contributed by atoms with van der Waals surface area (Å²) in [6.45, 7) is 1.37. The van der Waals surface area contributed by atoms with E-state index in [0.29, 0.717) is 6.54 Å². The second kappa shape index (κ2) is 5.93. The third-order valence-electron chi connectivity index (χ3n) is 3.41. The number of rotatable bonds is 5. The third kappa shape index (κ3) is 2.73. The number of benzene rings is 1. The van der Waals surface area contributed by atoms with Crippen LogP contribution in [0.3, 0.4) is 0 Å². The number of nitrogens with two attached hydrogens (primary N) is 1. The maximum atomic E-state index is 13.2. The summed E-state index contributed by atoms with van der Waals surface area (Å²) in [7, 11) is 0. The molecule has 4 nitrogen and oxygen atoms in total. The van der Waals surface area contributed by atoms with Gasteiger partial charge in [0.1, 0.15) is 17.3 Å². The van der Waals surface area contributed by atoms with E-state index in [-0.39, 0.29) is 5.82 Å². The molecule has 1 aromatic carbocycles. The second-order valence-corrected chi connectivity index (χ2v) is 4.81. The fraction of sp³-hybridized carbons (Fsp3) is 0.188. The molecular formula is C16H17FN4. The van der Waals surface area contributed by atoms with E-state index in [9.17, 15) is 4.39 Å². The van der Waals surface area contributed by atoms with Crippen LogP contribution in [0.1, 0.15) is 6.42 Å². The molecule has 0 saturated heterocycles. The molecule has 0 aliphatic carbocycles. The van der Waals surface area contributed by atoms with Crippen molar-refractivity contribution >= 4 is 17.2 Å². The molecule has 0 spiro atoms. The number of pyridine rings is 1. The highest BCUT2D eigenvalue weighted by Crippen LogP contribution is 2.26. The first-order valence-corrected chi connectivity index (χ1v) is 6.95. The number of hydrogen-bond donors (Lipinski definition) is 1. The average molecular weight is 284 g/mol. The van der Waals surface area contributed by atoms with Crippen LogP contribution in [-0.4, -0.2) is 22.5 Å². The SMILES string of the molecule is NCCCN(c1ccc(F)cc1)c1cccc2nccn12. The van der Waals surface area contributed by atoms with Crippen molar-refractivity contribution in [3.05, 3.63) is 60.7 Å². The van der Waals surface area contributed by atoms with Crippen molar-refractivity contribution in [2.75, 3.05) is 18.0 Å². The minimum atomic E-state index is -0.238. The van der Waals surface area contributed by atoms with Crippen molar-refractivity contribution in [1.29, 1.82) is 0 Å². The van der Waals surface area contributed by atoms with E-state index in [4.69, 9.17) is 5.73 Å². The Kier molecular flexibility index (Phi) is 3.83. The Morgan fingerprint density at radius 2 is 1.95 bits per heavy atom. The van der Waals surface area contributed by atoms with Crippen molar-refractivity contribution in [2.24, 2.45) is 5.73 Å². The second-order valence-electron chi connectivity index (χ2n) is 4.81. The molecule has 0 radical (unpaired) electrons. The first-order chi connectivity index (χ1) is 10.3. The van der Waals surface area contributed by atoms with E-state index in [2.05, 4.69) is 9.88 Å². The monoisotopic (exact) mass is 284 g/mol. The number of anilines is 2. The minimum absolute atomic E-state index is 0.238. The Morgan fingerprint density at radius 1 is 1.14 bits per heavy atom. The van der Waals surface area contributed by atoms with E-state index in [1.165, 1.54) is 12.1 Å². The van der Waals surface area contributed by atoms with Crippen LogP contribution in [0.25, 0.3) is 5.65 Å². The predicted molar refractivity (Wildman–Crippen MR) is 82.3 cm³/mol. The Labute approximate surface area is 122 Å². The molecule has 0 unspecified atom stereocenters. The maximum absolute atomic E-state index is 13.2. The van der Waals surface area contributed by atoms with Gasteiger partial charge in [-0.1, -0.05) is 6.07 Å². The lowest BCUT2D eigenvalue weighted by atomic mass is 10.2. The average Bonchev–Trinajstić information content (AvgIpc) is 2.98. The van der Waals surface area contributed by atoms with Crippen molar-refractivity contribution in [1.82, 2.24) is 9.38 Å². The summed E-state index contributed by atoms with van der Waals surface area (Å²) in [5.41, 5.74) is 7.46. The zero-order valence-electron chi connectivity index (χ0n) is 11.6. The maximum Gasteiger partial charge on any atom is 0.138 e. The lowest BCUT2D eigenvalue weighted by Gasteiger charge is -2.25.